The van der Waals surface area contributed by atoms with Gasteiger partial charge >= 0.3 is 0 Å². The van der Waals surface area contributed by atoms with Crippen LogP contribution >= 0.6 is 0 Å². The summed E-state index contributed by atoms with van der Waals surface area (Å²) < 4.78 is 1.81. The molecule has 1 aliphatic carbocycles. The summed E-state index contributed by atoms with van der Waals surface area (Å²) in [4.78, 5) is 24.6. The molecule has 1 saturated carbocycles. The molecule has 1 saturated heterocycles. The molecule has 4 heterocycles. The number of nitrogens with one attached hydrogen (secondary N) is 1. The number of aromatic nitrogens is 4. The van der Waals surface area contributed by atoms with Gasteiger partial charge in [-0.05, 0) is 67.1 Å². The van der Waals surface area contributed by atoms with Gasteiger partial charge < -0.3 is 10.2 Å². The molecule has 3 aromatic heterocycles. The van der Waals surface area contributed by atoms with E-state index >= 15 is 0 Å². The van der Waals surface area contributed by atoms with Crippen LogP contribution in [0, 0.1) is 18.8 Å². The van der Waals surface area contributed by atoms with Crippen LogP contribution in [0.15, 0.2) is 67.1 Å². The van der Waals surface area contributed by atoms with E-state index in [-0.39, 0.29) is 11.9 Å². The van der Waals surface area contributed by atoms with E-state index in [1.807, 2.05) is 72.4 Å². The first-order chi connectivity index (χ1) is 15.6. The Morgan fingerprint density at radius 3 is 2.88 bits per heavy atom. The minimum absolute atomic E-state index is 0.00614. The number of fused-ring (bicyclic) bond motifs is 2. The third kappa shape index (κ3) is 3.04. The smallest absolute Gasteiger partial charge is 0.247 e. The predicted octanol–water partition coefficient (Wildman–Crippen LogP) is 3.95. The van der Waals surface area contributed by atoms with Gasteiger partial charge in [0.2, 0.25) is 5.91 Å². The van der Waals surface area contributed by atoms with Crippen LogP contribution in [0.3, 0.4) is 0 Å². The highest BCUT2D eigenvalue weighted by molar-refractivity contribution is 5.98. The van der Waals surface area contributed by atoms with Gasteiger partial charge in [-0.15, -0.1) is 5.10 Å². The molecular weight excluding hydrogens is 400 g/mol. The van der Waals surface area contributed by atoms with Crippen molar-refractivity contribution in [3.63, 3.8) is 0 Å². The van der Waals surface area contributed by atoms with Crippen molar-refractivity contribution in [1.82, 2.24) is 19.6 Å². The van der Waals surface area contributed by atoms with E-state index in [4.69, 9.17) is 0 Å². The fourth-order valence-corrected chi connectivity index (χ4v) is 5.09. The molecule has 3 unspecified atom stereocenters. The number of amides is 1. The Bertz CT molecular complexity index is 1320. The quantitative estimate of drug-likeness (QED) is 0.537. The second-order valence-electron chi connectivity index (χ2n) is 8.84. The van der Waals surface area contributed by atoms with Gasteiger partial charge in [-0.25, -0.2) is 14.5 Å². The normalized spacial score (nSPS) is 23.9. The maximum atomic E-state index is 13.3. The van der Waals surface area contributed by atoms with Crippen LogP contribution in [0.4, 0.5) is 11.5 Å². The topological polar surface area (TPSA) is 75.4 Å². The molecule has 1 N–H and O–H groups in total. The van der Waals surface area contributed by atoms with Gasteiger partial charge in [0, 0.05) is 29.7 Å². The summed E-state index contributed by atoms with van der Waals surface area (Å²) in [7, 11) is 0. The summed E-state index contributed by atoms with van der Waals surface area (Å²) >= 11 is 0. The highest BCUT2D eigenvalue weighted by Gasteiger charge is 2.60. The van der Waals surface area contributed by atoms with Gasteiger partial charge in [-0.2, -0.15) is 0 Å². The Kier molecular flexibility index (Phi) is 4.24. The number of benzene rings is 1. The molecular formula is C25H24N6O. The van der Waals surface area contributed by atoms with E-state index < -0.39 is 0 Å². The van der Waals surface area contributed by atoms with E-state index in [0.29, 0.717) is 23.7 Å². The molecule has 2 fully saturated rings. The first kappa shape index (κ1) is 19.0. The third-order valence-corrected chi connectivity index (χ3v) is 6.91. The average Bonchev–Trinajstić information content (AvgIpc) is 3.17. The first-order valence-corrected chi connectivity index (χ1v) is 11.0. The number of hydrogen-bond donors (Lipinski definition) is 1. The molecule has 0 radical (unpaired) electrons. The van der Waals surface area contributed by atoms with Crippen molar-refractivity contribution < 1.29 is 4.79 Å². The van der Waals surface area contributed by atoms with Crippen molar-refractivity contribution in [3.8, 4) is 11.4 Å². The fourth-order valence-electron chi connectivity index (χ4n) is 5.09. The van der Waals surface area contributed by atoms with Crippen LogP contribution in [0.5, 0.6) is 0 Å². The molecule has 6 rings (SSSR count). The van der Waals surface area contributed by atoms with E-state index in [2.05, 4.69) is 32.2 Å². The number of pyridine rings is 1. The van der Waals surface area contributed by atoms with E-state index in [0.717, 1.165) is 34.6 Å². The number of rotatable bonds is 4. The van der Waals surface area contributed by atoms with Gasteiger partial charge in [0.1, 0.15) is 11.9 Å². The third-order valence-electron chi connectivity index (χ3n) is 6.91. The van der Waals surface area contributed by atoms with Crippen LogP contribution in [0.2, 0.25) is 0 Å². The lowest BCUT2D eigenvalue weighted by atomic mass is 10.1. The predicted molar refractivity (Wildman–Crippen MR) is 123 cm³/mol. The van der Waals surface area contributed by atoms with Gasteiger partial charge in [-0.3, -0.25) is 4.79 Å². The Hall–Kier alpha value is -3.74. The van der Waals surface area contributed by atoms with E-state index in [1.165, 1.54) is 0 Å². The molecule has 7 nitrogen and oxygen atoms in total. The molecule has 0 spiro atoms. The number of piperidine rings is 1. The van der Waals surface area contributed by atoms with Crippen molar-refractivity contribution in [2.75, 3.05) is 10.2 Å². The Morgan fingerprint density at radius 1 is 1.12 bits per heavy atom. The summed E-state index contributed by atoms with van der Waals surface area (Å²) in [6.45, 7) is 4.28. The largest absolute Gasteiger partial charge is 0.341 e. The van der Waals surface area contributed by atoms with Crippen LogP contribution in [-0.2, 0) is 4.79 Å². The van der Waals surface area contributed by atoms with Crippen LogP contribution in [0.1, 0.15) is 18.9 Å². The summed E-state index contributed by atoms with van der Waals surface area (Å²) in [6, 6.07) is 15.9. The van der Waals surface area contributed by atoms with Crippen molar-refractivity contribution in [3.05, 3.63) is 72.7 Å². The second-order valence-corrected chi connectivity index (χ2v) is 8.84. The number of nitrogens with zero attached hydrogens (tertiary/aromatic N) is 5. The monoisotopic (exact) mass is 424 g/mol. The lowest BCUT2D eigenvalue weighted by Gasteiger charge is -2.28. The first-order valence-electron chi connectivity index (χ1n) is 11.0. The number of anilines is 2. The Morgan fingerprint density at radius 2 is 2.03 bits per heavy atom. The van der Waals surface area contributed by atoms with E-state index in [9.17, 15) is 4.79 Å². The zero-order valence-electron chi connectivity index (χ0n) is 18.0. The van der Waals surface area contributed by atoms with Crippen molar-refractivity contribution in [2.24, 2.45) is 11.8 Å². The summed E-state index contributed by atoms with van der Waals surface area (Å²) in [6.07, 6.45) is 6.36. The van der Waals surface area contributed by atoms with Crippen molar-refractivity contribution >= 4 is 22.9 Å². The molecule has 1 amide bonds. The molecule has 2 aliphatic rings. The number of carbonyl (C=O) groups is 1. The van der Waals surface area contributed by atoms with E-state index in [1.54, 1.807) is 6.20 Å². The highest BCUT2D eigenvalue weighted by atomic mass is 16.2. The van der Waals surface area contributed by atoms with Crippen molar-refractivity contribution in [2.45, 2.75) is 32.4 Å². The summed E-state index contributed by atoms with van der Waals surface area (Å²) in [5, 5.41) is 7.75. The zero-order chi connectivity index (χ0) is 21.8. The molecule has 7 heteroatoms. The number of aryl methyl sites for hydroxylation is 1. The SMILES string of the molecule is Cc1ccc(NC(=O)[C@H]2CC3C(C)C3N2c2ccccn2)cc1-c1ncc2cccn2n1. The number of carbonyl (C=O) groups excluding carboxylic acids is 1. The van der Waals surface area contributed by atoms with Gasteiger partial charge in [0.15, 0.2) is 5.82 Å². The molecule has 32 heavy (non-hydrogen) atoms. The second kappa shape index (κ2) is 7.15. The molecule has 1 aliphatic heterocycles. The fraction of sp³-hybridized carbons (Fsp3) is 0.280. The Balaban J connectivity index is 1.27. The van der Waals surface area contributed by atoms with Gasteiger partial charge in [0.25, 0.3) is 0 Å². The van der Waals surface area contributed by atoms with Crippen molar-refractivity contribution in [1.29, 1.82) is 0 Å². The highest BCUT2D eigenvalue weighted by Crippen LogP contribution is 2.54. The maximum Gasteiger partial charge on any atom is 0.247 e. The average molecular weight is 425 g/mol. The van der Waals surface area contributed by atoms with Crippen LogP contribution in [-0.4, -0.2) is 37.6 Å². The molecule has 4 aromatic rings. The van der Waals surface area contributed by atoms with Gasteiger partial charge in [0.05, 0.1) is 11.7 Å². The summed E-state index contributed by atoms with van der Waals surface area (Å²) in [5.41, 5.74) is 3.66. The van der Waals surface area contributed by atoms with Crippen LogP contribution in [0.25, 0.3) is 16.9 Å². The summed E-state index contributed by atoms with van der Waals surface area (Å²) in [5.74, 6) is 2.68. The standard InChI is InChI=1S/C25H24N6O/c1-15-8-9-17(12-19(15)24-27-14-18-6-5-11-30(18)29-24)28-25(32)21-13-20-16(2)23(20)31(21)22-7-3-4-10-26-22/h3-12,14,16,20-21,23H,13H2,1-2H3,(H,28,32)/t16?,20?,21-,23?/m1/s1. The minimum atomic E-state index is -0.215. The lowest BCUT2D eigenvalue weighted by Crippen LogP contribution is -2.43. The molecule has 160 valence electrons. The van der Waals surface area contributed by atoms with Gasteiger partial charge in [-0.1, -0.05) is 19.1 Å². The molecule has 1 aromatic carbocycles. The Labute approximate surface area is 186 Å². The molecule has 4 atom stereocenters. The minimum Gasteiger partial charge on any atom is -0.341 e. The zero-order valence-corrected chi connectivity index (χ0v) is 18.0. The van der Waals surface area contributed by atoms with Crippen LogP contribution < -0.4 is 10.2 Å². The lowest BCUT2D eigenvalue weighted by molar-refractivity contribution is -0.117. The molecule has 0 bridgehead atoms. The maximum absolute atomic E-state index is 13.3. The number of hydrogen-bond acceptors (Lipinski definition) is 5.